The van der Waals surface area contributed by atoms with Gasteiger partial charge in [-0.25, -0.2) is 4.98 Å². The zero-order valence-electron chi connectivity index (χ0n) is 21.7. The third-order valence-electron chi connectivity index (χ3n) is 7.71. The molecule has 2 aromatic heterocycles. The van der Waals surface area contributed by atoms with E-state index in [2.05, 4.69) is 143 Å². The molecule has 0 saturated carbocycles. The average molecular weight is 529 g/mol. The summed E-state index contributed by atoms with van der Waals surface area (Å²) in [5.41, 5.74) is 5.82. The van der Waals surface area contributed by atoms with E-state index in [4.69, 9.17) is 0 Å². The number of hydrogen-bond acceptors (Lipinski definition) is 3. The van der Waals surface area contributed by atoms with E-state index in [0.717, 1.165) is 21.9 Å². The first kappa shape index (κ1) is 22.9. The van der Waals surface area contributed by atoms with E-state index in [1.807, 2.05) is 12.3 Å². The Hall–Kier alpha value is -4.99. The maximum Gasteiger partial charge on any atom is 0.124 e. The monoisotopic (exact) mass is 528 g/mol. The van der Waals surface area contributed by atoms with Gasteiger partial charge in [0.1, 0.15) is 4.83 Å². The summed E-state index contributed by atoms with van der Waals surface area (Å²) in [4.78, 5) is 8.06. The van der Waals surface area contributed by atoms with Crippen LogP contribution >= 0.6 is 11.3 Å². The number of fused-ring (bicyclic) bond motifs is 6. The minimum atomic E-state index is 1.07. The van der Waals surface area contributed by atoms with Crippen molar-refractivity contribution in [2.75, 3.05) is 4.90 Å². The van der Waals surface area contributed by atoms with Crippen LogP contribution in [0.1, 0.15) is 0 Å². The minimum absolute atomic E-state index is 1.07. The molecule has 0 saturated heterocycles. The van der Waals surface area contributed by atoms with Crippen molar-refractivity contribution in [2.45, 2.75) is 0 Å². The Balaban J connectivity index is 1.33. The first-order valence-electron chi connectivity index (χ1n) is 13.5. The second kappa shape index (κ2) is 9.33. The van der Waals surface area contributed by atoms with Crippen LogP contribution in [0.2, 0.25) is 0 Å². The summed E-state index contributed by atoms with van der Waals surface area (Å²) >= 11 is 1.75. The normalized spacial score (nSPS) is 11.5. The summed E-state index contributed by atoms with van der Waals surface area (Å²) in [6.45, 7) is 0. The van der Waals surface area contributed by atoms with E-state index in [1.165, 1.54) is 48.1 Å². The molecule has 0 atom stereocenters. The standard InChI is InChI=1S/C37H24N2S/c1-2-7-25(8-3-1)26-14-17-29(18-15-26)39(31-20-21-33-34-11-6-22-38-37(34)40-36(33)24-31)30-19-16-28-13-12-27-9-4-5-10-32(27)35(28)23-30/h1-24H. The number of aromatic nitrogens is 1. The van der Waals surface area contributed by atoms with Crippen LogP contribution in [0.25, 0.3) is 53.0 Å². The van der Waals surface area contributed by atoms with Gasteiger partial charge in [0.15, 0.2) is 0 Å². The van der Waals surface area contributed by atoms with E-state index < -0.39 is 0 Å². The van der Waals surface area contributed by atoms with Crippen molar-refractivity contribution >= 4 is 70.2 Å². The van der Waals surface area contributed by atoms with Crippen molar-refractivity contribution in [3.8, 4) is 11.1 Å². The molecule has 0 unspecified atom stereocenters. The number of rotatable bonds is 4. The molecule has 0 spiro atoms. The molecule has 0 fully saturated rings. The third-order valence-corrected chi connectivity index (χ3v) is 8.79. The topological polar surface area (TPSA) is 16.1 Å². The van der Waals surface area contributed by atoms with Crippen molar-refractivity contribution in [3.05, 3.63) is 146 Å². The molecule has 2 heterocycles. The van der Waals surface area contributed by atoms with Crippen LogP contribution in [0.3, 0.4) is 0 Å². The number of nitrogens with zero attached hydrogens (tertiary/aromatic N) is 2. The van der Waals surface area contributed by atoms with Crippen LogP contribution in [0.4, 0.5) is 17.1 Å². The van der Waals surface area contributed by atoms with E-state index in [0.29, 0.717) is 0 Å². The molecule has 0 aliphatic heterocycles. The van der Waals surface area contributed by atoms with E-state index >= 15 is 0 Å². The maximum absolute atomic E-state index is 4.62. The highest BCUT2D eigenvalue weighted by atomic mass is 32.1. The Morgan fingerprint density at radius 3 is 1.98 bits per heavy atom. The lowest BCUT2D eigenvalue weighted by molar-refractivity contribution is 1.30. The molecule has 2 nitrogen and oxygen atoms in total. The molecular formula is C37H24N2S. The smallest absolute Gasteiger partial charge is 0.124 e. The predicted octanol–water partition coefficient (Wildman–Crippen LogP) is 10.9. The zero-order chi connectivity index (χ0) is 26.5. The van der Waals surface area contributed by atoms with Crippen LogP contribution in [0, 0.1) is 0 Å². The fraction of sp³-hybridized carbons (Fsp3) is 0. The van der Waals surface area contributed by atoms with Crippen molar-refractivity contribution < 1.29 is 0 Å². The molecule has 0 amide bonds. The summed E-state index contributed by atoms with van der Waals surface area (Å²) in [7, 11) is 0. The summed E-state index contributed by atoms with van der Waals surface area (Å²) in [6, 6.07) is 50.3. The largest absolute Gasteiger partial charge is 0.310 e. The Kier molecular flexibility index (Phi) is 5.35. The molecule has 0 aliphatic rings. The number of benzene rings is 6. The lowest BCUT2D eigenvalue weighted by Gasteiger charge is -2.26. The summed E-state index contributed by atoms with van der Waals surface area (Å²) in [5.74, 6) is 0. The van der Waals surface area contributed by atoms with Gasteiger partial charge in [-0.1, -0.05) is 91.0 Å². The molecule has 0 bridgehead atoms. The van der Waals surface area contributed by atoms with Crippen molar-refractivity contribution in [2.24, 2.45) is 0 Å². The van der Waals surface area contributed by atoms with Crippen LogP contribution in [-0.4, -0.2) is 4.98 Å². The molecule has 3 heteroatoms. The highest BCUT2D eigenvalue weighted by Gasteiger charge is 2.16. The lowest BCUT2D eigenvalue weighted by Crippen LogP contribution is -2.09. The fourth-order valence-electron chi connectivity index (χ4n) is 5.75. The first-order chi connectivity index (χ1) is 19.8. The number of thiophene rings is 1. The minimum Gasteiger partial charge on any atom is -0.310 e. The van der Waals surface area contributed by atoms with Gasteiger partial charge in [0.2, 0.25) is 0 Å². The van der Waals surface area contributed by atoms with Gasteiger partial charge < -0.3 is 4.90 Å². The van der Waals surface area contributed by atoms with Crippen molar-refractivity contribution in [1.82, 2.24) is 4.98 Å². The quantitative estimate of drug-likeness (QED) is 0.211. The lowest BCUT2D eigenvalue weighted by atomic mass is 10.0. The highest BCUT2D eigenvalue weighted by molar-refractivity contribution is 7.25. The predicted molar refractivity (Wildman–Crippen MR) is 172 cm³/mol. The first-order valence-corrected chi connectivity index (χ1v) is 14.3. The highest BCUT2D eigenvalue weighted by Crippen LogP contribution is 2.41. The van der Waals surface area contributed by atoms with Crippen LogP contribution < -0.4 is 4.90 Å². The second-order valence-electron chi connectivity index (χ2n) is 10.1. The number of pyridine rings is 1. The van der Waals surface area contributed by atoms with Gasteiger partial charge in [-0.05, 0) is 81.2 Å². The van der Waals surface area contributed by atoms with Crippen LogP contribution in [0.15, 0.2) is 146 Å². The van der Waals surface area contributed by atoms with Crippen LogP contribution in [0.5, 0.6) is 0 Å². The van der Waals surface area contributed by atoms with Gasteiger partial charge in [0.25, 0.3) is 0 Å². The maximum atomic E-state index is 4.62. The molecule has 8 rings (SSSR count). The average Bonchev–Trinajstić information content (AvgIpc) is 3.40. The molecule has 6 aromatic carbocycles. The van der Waals surface area contributed by atoms with E-state index in [-0.39, 0.29) is 0 Å². The molecule has 188 valence electrons. The van der Waals surface area contributed by atoms with Gasteiger partial charge >= 0.3 is 0 Å². The van der Waals surface area contributed by atoms with Gasteiger partial charge in [-0.15, -0.1) is 11.3 Å². The second-order valence-corrected chi connectivity index (χ2v) is 11.1. The Morgan fingerprint density at radius 1 is 0.450 bits per heavy atom. The summed E-state index contributed by atoms with van der Waals surface area (Å²) < 4.78 is 1.24. The fourth-order valence-corrected chi connectivity index (χ4v) is 6.83. The molecule has 0 aliphatic carbocycles. The van der Waals surface area contributed by atoms with E-state index in [1.54, 1.807) is 11.3 Å². The van der Waals surface area contributed by atoms with Crippen LogP contribution in [-0.2, 0) is 0 Å². The molecule has 0 radical (unpaired) electrons. The van der Waals surface area contributed by atoms with Crippen molar-refractivity contribution in [1.29, 1.82) is 0 Å². The molecule has 0 N–H and O–H groups in total. The Morgan fingerprint density at radius 2 is 1.10 bits per heavy atom. The Bertz CT molecular complexity index is 2160. The third kappa shape index (κ3) is 3.83. The molecule has 40 heavy (non-hydrogen) atoms. The van der Waals surface area contributed by atoms with Gasteiger partial charge in [0.05, 0.1) is 0 Å². The molecular weight excluding hydrogens is 504 g/mol. The Labute approximate surface area is 236 Å². The van der Waals surface area contributed by atoms with Gasteiger partial charge in [-0.2, -0.15) is 0 Å². The molecule has 8 aromatic rings. The number of hydrogen-bond donors (Lipinski definition) is 0. The SMILES string of the molecule is c1ccc(-c2ccc(N(c3ccc4c(c3)sc3ncccc34)c3ccc4ccc5ccccc5c4c3)cc2)cc1. The van der Waals surface area contributed by atoms with Gasteiger partial charge in [-0.3, -0.25) is 0 Å². The number of anilines is 3. The summed E-state index contributed by atoms with van der Waals surface area (Å²) in [5, 5.41) is 7.49. The zero-order valence-corrected chi connectivity index (χ0v) is 22.5. The van der Waals surface area contributed by atoms with E-state index in [9.17, 15) is 0 Å². The summed E-state index contributed by atoms with van der Waals surface area (Å²) in [6.07, 6.45) is 1.87. The van der Waals surface area contributed by atoms with Gasteiger partial charge in [0, 0.05) is 38.7 Å². The van der Waals surface area contributed by atoms with Crippen molar-refractivity contribution in [3.63, 3.8) is 0 Å².